The van der Waals surface area contributed by atoms with E-state index in [2.05, 4.69) is 28.2 Å². The maximum atomic E-state index is 6.16. The molecule has 1 aromatic carbocycles. The molecule has 4 nitrogen and oxygen atoms in total. The van der Waals surface area contributed by atoms with E-state index < -0.39 is 0 Å². The number of ether oxygens (including phenoxy) is 1. The Balaban J connectivity index is 1.59. The number of H-pyrrole nitrogens is 1. The van der Waals surface area contributed by atoms with Crippen molar-refractivity contribution in [2.24, 2.45) is 0 Å². The normalized spacial score (nSPS) is 14.7. The fraction of sp³-hybridized carbons (Fsp3) is 0.438. The number of nitrogens with one attached hydrogen (secondary N) is 1. The van der Waals surface area contributed by atoms with Crippen LogP contribution < -0.4 is 4.74 Å². The van der Waals surface area contributed by atoms with Crippen molar-refractivity contribution in [2.75, 3.05) is 14.2 Å². The lowest BCUT2D eigenvalue weighted by Gasteiger charge is -2.16. The molecule has 1 N–H and O–H groups in total. The predicted octanol–water partition coefficient (Wildman–Crippen LogP) is 3.58. The van der Waals surface area contributed by atoms with Crippen LogP contribution in [0, 0.1) is 0 Å². The van der Waals surface area contributed by atoms with Gasteiger partial charge in [-0.25, -0.2) is 0 Å². The van der Waals surface area contributed by atoms with Crippen molar-refractivity contribution >= 4 is 11.6 Å². The summed E-state index contributed by atoms with van der Waals surface area (Å²) in [6, 6.07) is 8.10. The molecule has 0 spiro atoms. The maximum absolute atomic E-state index is 6.16. The molecule has 0 bridgehead atoms. The first-order valence-corrected chi connectivity index (χ1v) is 7.58. The molecule has 2 aromatic rings. The zero-order chi connectivity index (χ0) is 14.8. The molecule has 0 saturated heterocycles. The Kier molecular flexibility index (Phi) is 4.17. The summed E-state index contributed by atoms with van der Waals surface area (Å²) in [6.45, 7) is 1.69. The number of hydrogen-bond donors (Lipinski definition) is 1. The molecule has 1 aliphatic carbocycles. The van der Waals surface area contributed by atoms with E-state index in [1.165, 1.54) is 29.8 Å². The van der Waals surface area contributed by atoms with Gasteiger partial charge in [0.25, 0.3) is 0 Å². The Hall–Kier alpha value is -1.52. The second kappa shape index (κ2) is 6.08. The monoisotopic (exact) mass is 305 g/mol. The van der Waals surface area contributed by atoms with Crippen molar-refractivity contribution in [3.8, 4) is 5.75 Å². The molecule has 0 aliphatic heterocycles. The Morgan fingerprint density at radius 3 is 2.81 bits per heavy atom. The molecule has 5 heteroatoms. The number of rotatable bonds is 6. The molecule has 1 heterocycles. The summed E-state index contributed by atoms with van der Waals surface area (Å²) in [5.41, 5.74) is 3.55. The van der Waals surface area contributed by atoms with Crippen molar-refractivity contribution < 1.29 is 4.74 Å². The predicted molar refractivity (Wildman–Crippen MR) is 83.7 cm³/mol. The van der Waals surface area contributed by atoms with Crippen LogP contribution in [0.25, 0.3) is 0 Å². The molecule has 0 unspecified atom stereocenters. The topological polar surface area (TPSA) is 41.1 Å². The van der Waals surface area contributed by atoms with E-state index in [1.807, 2.05) is 18.2 Å². The molecule has 1 aromatic heterocycles. The molecule has 112 valence electrons. The number of aromatic nitrogens is 2. The van der Waals surface area contributed by atoms with Gasteiger partial charge in [-0.1, -0.05) is 17.7 Å². The lowest BCUT2D eigenvalue weighted by molar-refractivity contribution is 0.314. The number of aromatic amines is 1. The molecule has 3 rings (SSSR count). The van der Waals surface area contributed by atoms with Crippen LogP contribution in [0.1, 0.15) is 35.7 Å². The maximum Gasteiger partial charge on any atom is 0.137 e. The highest BCUT2D eigenvalue weighted by molar-refractivity contribution is 6.32. The SMILES string of the molecule is COc1ccc(CN(C)Cc2cc(C3CC3)n[nH]2)cc1Cl. The number of hydrogen-bond acceptors (Lipinski definition) is 3. The summed E-state index contributed by atoms with van der Waals surface area (Å²) in [5.74, 6) is 1.41. The minimum atomic E-state index is 0.654. The first-order chi connectivity index (χ1) is 10.2. The molecule has 0 radical (unpaired) electrons. The van der Waals surface area contributed by atoms with Gasteiger partial charge in [0.05, 0.1) is 17.8 Å². The molecular weight excluding hydrogens is 286 g/mol. The van der Waals surface area contributed by atoms with Gasteiger partial charge in [-0.05, 0) is 43.7 Å². The van der Waals surface area contributed by atoms with Gasteiger partial charge >= 0.3 is 0 Å². The third-order valence-electron chi connectivity index (χ3n) is 3.76. The quantitative estimate of drug-likeness (QED) is 0.887. The fourth-order valence-electron chi connectivity index (χ4n) is 2.52. The van der Waals surface area contributed by atoms with E-state index in [9.17, 15) is 0 Å². The summed E-state index contributed by atoms with van der Waals surface area (Å²) in [5, 5.41) is 8.18. The van der Waals surface area contributed by atoms with E-state index in [0.717, 1.165) is 13.1 Å². The van der Waals surface area contributed by atoms with Crippen LogP contribution in [0.5, 0.6) is 5.75 Å². The molecule has 1 fully saturated rings. The Labute approximate surface area is 130 Å². The molecule has 0 amide bonds. The Bertz CT molecular complexity index is 622. The van der Waals surface area contributed by atoms with Crippen molar-refractivity contribution in [3.63, 3.8) is 0 Å². The van der Waals surface area contributed by atoms with Crippen LogP contribution in [0.4, 0.5) is 0 Å². The highest BCUT2D eigenvalue weighted by atomic mass is 35.5. The van der Waals surface area contributed by atoms with Gasteiger partial charge in [0.15, 0.2) is 0 Å². The van der Waals surface area contributed by atoms with Gasteiger partial charge in [0.2, 0.25) is 0 Å². The van der Waals surface area contributed by atoms with Gasteiger partial charge in [-0.2, -0.15) is 5.10 Å². The van der Waals surface area contributed by atoms with Crippen LogP contribution in [0.3, 0.4) is 0 Å². The largest absolute Gasteiger partial charge is 0.495 e. The molecule has 1 aliphatic rings. The molecule has 0 atom stereocenters. The van der Waals surface area contributed by atoms with Crippen LogP contribution >= 0.6 is 11.6 Å². The Morgan fingerprint density at radius 2 is 2.14 bits per heavy atom. The van der Waals surface area contributed by atoms with E-state index in [-0.39, 0.29) is 0 Å². The third-order valence-corrected chi connectivity index (χ3v) is 4.05. The van der Waals surface area contributed by atoms with Crippen LogP contribution in [-0.4, -0.2) is 29.3 Å². The van der Waals surface area contributed by atoms with E-state index >= 15 is 0 Å². The minimum absolute atomic E-state index is 0.654. The summed E-state index contributed by atoms with van der Waals surface area (Å²) in [4.78, 5) is 2.24. The zero-order valence-corrected chi connectivity index (χ0v) is 13.2. The summed E-state index contributed by atoms with van der Waals surface area (Å²) >= 11 is 6.16. The number of benzene rings is 1. The van der Waals surface area contributed by atoms with Crippen molar-refractivity contribution in [1.82, 2.24) is 15.1 Å². The van der Waals surface area contributed by atoms with Crippen molar-refractivity contribution in [2.45, 2.75) is 31.8 Å². The first-order valence-electron chi connectivity index (χ1n) is 7.21. The van der Waals surface area contributed by atoms with Gasteiger partial charge < -0.3 is 4.74 Å². The van der Waals surface area contributed by atoms with E-state index in [4.69, 9.17) is 16.3 Å². The van der Waals surface area contributed by atoms with E-state index in [1.54, 1.807) is 7.11 Å². The third kappa shape index (κ3) is 3.57. The molecular formula is C16H20ClN3O. The standard InChI is InChI=1S/C16H20ClN3O/c1-20(9-11-3-6-16(21-2)14(17)7-11)10-13-8-15(19-18-13)12-4-5-12/h3,6-8,12H,4-5,9-10H2,1-2H3,(H,18,19). The zero-order valence-electron chi connectivity index (χ0n) is 12.4. The van der Waals surface area contributed by atoms with Crippen molar-refractivity contribution in [3.05, 3.63) is 46.2 Å². The summed E-state index contributed by atoms with van der Waals surface area (Å²) in [6.07, 6.45) is 2.56. The lowest BCUT2D eigenvalue weighted by Crippen LogP contribution is -2.17. The van der Waals surface area contributed by atoms with Crippen molar-refractivity contribution in [1.29, 1.82) is 0 Å². The minimum Gasteiger partial charge on any atom is -0.495 e. The average molecular weight is 306 g/mol. The smallest absolute Gasteiger partial charge is 0.137 e. The number of halogens is 1. The van der Waals surface area contributed by atoms with Gasteiger partial charge in [-0.3, -0.25) is 10.00 Å². The fourth-order valence-corrected chi connectivity index (χ4v) is 2.80. The van der Waals surface area contributed by atoms with Crippen LogP contribution in [0.2, 0.25) is 5.02 Å². The average Bonchev–Trinajstić information content (AvgIpc) is 3.20. The van der Waals surface area contributed by atoms with Crippen LogP contribution in [0.15, 0.2) is 24.3 Å². The second-order valence-electron chi connectivity index (χ2n) is 5.73. The molecule has 21 heavy (non-hydrogen) atoms. The number of nitrogens with zero attached hydrogens (tertiary/aromatic N) is 2. The van der Waals surface area contributed by atoms with Gasteiger partial charge in [0, 0.05) is 24.7 Å². The molecule has 1 saturated carbocycles. The first kappa shape index (κ1) is 14.4. The number of methoxy groups -OCH3 is 1. The lowest BCUT2D eigenvalue weighted by atomic mass is 10.2. The van der Waals surface area contributed by atoms with Gasteiger partial charge in [0.1, 0.15) is 5.75 Å². The van der Waals surface area contributed by atoms with Gasteiger partial charge in [-0.15, -0.1) is 0 Å². The summed E-state index contributed by atoms with van der Waals surface area (Å²) in [7, 11) is 3.72. The second-order valence-corrected chi connectivity index (χ2v) is 6.14. The van der Waals surface area contributed by atoms with Crippen LogP contribution in [-0.2, 0) is 13.1 Å². The summed E-state index contributed by atoms with van der Waals surface area (Å²) < 4.78 is 5.17. The van der Waals surface area contributed by atoms with E-state index in [0.29, 0.717) is 16.7 Å². The Morgan fingerprint density at radius 1 is 1.33 bits per heavy atom. The highest BCUT2D eigenvalue weighted by Gasteiger charge is 2.26. The highest BCUT2D eigenvalue weighted by Crippen LogP contribution is 2.39.